The van der Waals surface area contributed by atoms with Crippen molar-refractivity contribution < 1.29 is 43.9 Å². The number of benzene rings is 2. The monoisotopic (exact) mass is 444 g/mol. The van der Waals surface area contributed by atoms with Crippen molar-refractivity contribution >= 4 is 24.1 Å². The summed E-state index contributed by atoms with van der Waals surface area (Å²) in [6.45, 7) is -0.885. The zero-order chi connectivity index (χ0) is 23.5. The first-order chi connectivity index (χ1) is 15.4. The molecule has 2 aromatic rings. The first-order valence-electron chi connectivity index (χ1n) is 9.44. The van der Waals surface area contributed by atoms with E-state index >= 15 is 0 Å². The maximum atomic E-state index is 12.0. The minimum absolute atomic E-state index is 0.0292. The molecule has 2 aromatic carbocycles. The zero-order valence-electron chi connectivity index (χ0n) is 17.6. The molecule has 0 fully saturated rings. The Morgan fingerprint density at radius 2 is 1.38 bits per heavy atom. The van der Waals surface area contributed by atoms with E-state index in [1.165, 1.54) is 50.6 Å². The average Bonchev–Trinajstić information content (AvgIpc) is 2.80. The molecule has 0 bridgehead atoms. The van der Waals surface area contributed by atoms with E-state index in [-0.39, 0.29) is 29.6 Å². The van der Waals surface area contributed by atoms with Gasteiger partial charge in [0.25, 0.3) is 0 Å². The van der Waals surface area contributed by atoms with Crippen LogP contribution in [0, 0.1) is 0 Å². The molecule has 1 unspecified atom stereocenters. The van der Waals surface area contributed by atoms with Crippen molar-refractivity contribution in [2.24, 2.45) is 0 Å². The summed E-state index contributed by atoms with van der Waals surface area (Å²) in [6, 6.07) is 9.06. The van der Waals surface area contributed by atoms with Gasteiger partial charge in [0.05, 0.1) is 20.8 Å². The van der Waals surface area contributed by atoms with Gasteiger partial charge in [-0.3, -0.25) is 0 Å². The Balaban J connectivity index is 1.86. The molecule has 0 aliphatic rings. The van der Waals surface area contributed by atoms with E-state index in [2.05, 4.69) is 0 Å². The lowest BCUT2D eigenvalue weighted by atomic mass is 10.2. The number of ether oxygens (including phenoxy) is 4. The molecule has 0 heterocycles. The fourth-order valence-electron chi connectivity index (χ4n) is 2.48. The molecule has 1 atom stereocenters. The second kappa shape index (κ2) is 12.0. The number of carbonyl (C=O) groups excluding carboxylic acids is 2. The van der Waals surface area contributed by atoms with Crippen LogP contribution in [0.4, 0.5) is 0 Å². The van der Waals surface area contributed by atoms with E-state index in [9.17, 15) is 24.9 Å². The van der Waals surface area contributed by atoms with Crippen LogP contribution in [0.3, 0.4) is 0 Å². The second-order valence-corrected chi connectivity index (χ2v) is 6.40. The maximum Gasteiger partial charge on any atom is 0.331 e. The largest absolute Gasteiger partial charge is 0.504 e. The van der Waals surface area contributed by atoms with Gasteiger partial charge in [-0.05, 0) is 47.5 Å². The number of phenols is 2. The van der Waals surface area contributed by atoms with Gasteiger partial charge < -0.3 is 34.3 Å². The molecule has 0 saturated carbocycles. The lowest BCUT2D eigenvalue weighted by Crippen LogP contribution is -2.27. The van der Waals surface area contributed by atoms with Gasteiger partial charge in [0, 0.05) is 12.2 Å². The molecule has 32 heavy (non-hydrogen) atoms. The van der Waals surface area contributed by atoms with E-state index in [0.717, 1.165) is 12.2 Å². The normalized spacial score (nSPS) is 12.0. The lowest BCUT2D eigenvalue weighted by molar-refractivity contribution is -0.154. The summed E-state index contributed by atoms with van der Waals surface area (Å²) in [5, 5.41) is 28.5. The number of rotatable bonds is 10. The number of esters is 2. The minimum Gasteiger partial charge on any atom is -0.504 e. The van der Waals surface area contributed by atoms with Crippen molar-refractivity contribution in [1.29, 1.82) is 0 Å². The van der Waals surface area contributed by atoms with E-state index in [1.807, 2.05) is 0 Å². The number of aliphatic hydroxyl groups excluding tert-OH is 1. The highest BCUT2D eigenvalue weighted by Crippen LogP contribution is 2.27. The van der Waals surface area contributed by atoms with Crippen LogP contribution in [-0.4, -0.2) is 60.8 Å². The van der Waals surface area contributed by atoms with Crippen LogP contribution in [0.5, 0.6) is 23.0 Å². The molecule has 170 valence electrons. The number of methoxy groups -OCH3 is 2. The molecular formula is C23H24O9. The molecule has 0 aromatic heterocycles. The zero-order valence-corrected chi connectivity index (χ0v) is 17.6. The van der Waals surface area contributed by atoms with Gasteiger partial charge in [0.2, 0.25) is 0 Å². The van der Waals surface area contributed by atoms with Gasteiger partial charge in [0.15, 0.2) is 29.1 Å². The van der Waals surface area contributed by atoms with Crippen LogP contribution >= 0.6 is 0 Å². The van der Waals surface area contributed by atoms with Crippen LogP contribution in [0.25, 0.3) is 12.2 Å². The summed E-state index contributed by atoms with van der Waals surface area (Å²) >= 11 is 0. The third-order valence-corrected chi connectivity index (χ3v) is 4.13. The molecular weight excluding hydrogens is 420 g/mol. The highest BCUT2D eigenvalue weighted by molar-refractivity contribution is 5.88. The van der Waals surface area contributed by atoms with Gasteiger partial charge in [-0.2, -0.15) is 0 Å². The van der Waals surface area contributed by atoms with Gasteiger partial charge in [0.1, 0.15) is 6.61 Å². The summed E-state index contributed by atoms with van der Waals surface area (Å²) in [5.74, 6) is -1.02. The van der Waals surface area contributed by atoms with E-state index in [0.29, 0.717) is 11.1 Å². The Kier molecular flexibility index (Phi) is 9.12. The number of hydrogen-bond acceptors (Lipinski definition) is 9. The highest BCUT2D eigenvalue weighted by atomic mass is 16.6. The number of phenolic OH excluding ortho intramolecular Hbond substituents is 2. The predicted molar refractivity (Wildman–Crippen MR) is 115 cm³/mol. The van der Waals surface area contributed by atoms with Crippen molar-refractivity contribution in [3.8, 4) is 23.0 Å². The quantitative estimate of drug-likeness (QED) is 0.373. The fraction of sp³-hybridized carbons (Fsp3) is 0.217. The second-order valence-electron chi connectivity index (χ2n) is 6.40. The van der Waals surface area contributed by atoms with Crippen molar-refractivity contribution in [2.45, 2.75) is 6.10 Å². The van der Waals surface area contributed by atoms with Crippen molar-refractivity contribution in [3.63, 3.8) is 0 Å². The van der Waals surface area contributed by atoms with Crippen molar-refractivity contribution in [2.75, 3.05) is 27.4 Å². The molecule has 3 N–H and O–H groups in total. The van der Waals surface area contributed by atoms with Gasteiger partial charge in [-0.15, -0.1) is 0 Å². The highest BCUT2D eigenvalue weighted by Gasteiger charge is 2.14. The van der Waals surface area contributed by atoms with E-state index in [1.54, 1.807) is 12.1 Å². The van der Waals surface area contributed by atoms with Crippen LogP contribution in [0.1, 0.15) is 11.1 Å². The third kappa shape index (κ3) is 7.37. The summed E-state index contributed by atoms with van der Waals surface area (Å²) in [6.07, 6.45) is 4.14. The average molecular weight is 444 g/mol. The first kappa shape index (κ1) is 24.3. The summed E-state index contributed by atoms with van der Waals surface area (Å²) in [5.41, 5.74) is 1.18. The van der Waals surface area contributed by atoms with E-state index in [4.69, 9.17) is 18.9 Å². The molecule has 0 aliphatic carbocycles. The minimum atomic E-state index is -1.05. The molecule has 0 radical (unpaired) electrons. The fourth-order valence-corrected chi connectivity index (χ4v) is 2.48. The summed E-state index contributed by atoms with van der Waals surface area (Å²) < 4.78 is 20.0. The van der Waals surface area contributed by atoms with Gasteiger partial charge in [-0.25, -0.2) is 9.59 Å². The van der Waals surface area contributed by atoms with Crippen LogP contribution in [-0.2, 0) is 19.1 Å². The Morgan fingerprint density at radius 3 is 1.84 bits per heavy atom. The Labute approximate surface area is 184 Å². The number of aliphatic hydroxyl groups is 1. The Bertz CT molecular complexity index is 995. The summed E-state index contributed by atoms with van der Waals surface area (Å²) in [4.78, 5) is 23.8. The number of hydrogen-bond donors (Lipinski definition) is 3. The molecule has 0 amide bonds. The van der Waals surface area contributed by atoms with Gasteiger partial charge in [-0.1, -0.05) is 12.1 Å². The molecule has 0 saturated heterocycles. The van der Waals surface area contributed by atoms with Crippen molar-refractivity contribution in [3.05, 3.63) is 59.7 Å². The Hall–Kier alpha value is -3.98. The molecule has 2 rings (SSSR count). The topological polar surface area (TPSA) is 132 Å². The lowest BCUT2D eigenvalue weighted by Gasteiger charge is -2.14. The summed E-state index contributed by atoms with van der Waals surface area (Å²) in [7, 11) is 2.81. The van der Waals surface area contributed by atoms with Crippen LogP contribution in [0.2, 0.25) is 0 Å². The first-order valence-corrected chi connectivity index (χ1v) is 9.44. The standard InChI is InChI=1S/C23H24O9/c1-29-20-11-15(3-7-18(20)25)5-9-22(27)31-14-17(13-24)32-23(28)10-6-16-4-8-19(26)21(12-16)30-2/h3-12,17,24-26H,13-14H2,1-2H3. The Morgan fingerprint density at radius 1 is 0.875 bits per heavy atom. The smallest absolute Gasteiger partial charge is 0.331 e. The predicted octanol–water partition coefficient (Wildman–Crippen LogP) is 2.29. The molecule has 0 aliphatic heterocycles. The molecule has 0 spiro atoms. The molecule has 9 heteroatoms. The van der Waals surface area contributed by atoms with E-state index < -0.39 is 24.6 Å². The number of carbonyl (C=O) groups is 2. The van der Waals surface area contributed by atoms with Crippen LogP contribution in [0.15, 0.2) is 48.6 Å². The SMILES string of the molecule is COc1cc(C=CC(=O)OCC(CO)OC(=O)C=Cc2ccc(O)c(OC)c2)ccc1O. The third-order valence-electron chi connectivity index (χ3n) is 4.13. The number of aromatic hydroxyl groups is 2. The maximum absolute atomic E-state index is 12.0. The molecule has 9 nitrogen and oxygen atoms in total. The van der Waals surface area contributed by atoms with Gasteiger partial charge >= 0.3 is 11.9 Å². The van der Waals surface area contributed by atoms with Crippen LogP contribution < -0.4 is 9.47 Å². The van der Waals surface area contributed by atoms with Crippen molar-refractivity contribution in [1.82, 2.24) is 0 Å².